The minimum absolute atomic E-state index is 0.105. The van der Waals surface area contributed by atoms with Gasteiger partial charge in [0.15, 0.2) is 0 Å². The van der Waals surface area contributed by atoms with Crippen molar-refractivity contribution in [2.45, 2.75) is 63.4 Å². The third-order valence-electron chi connectivity index (χ3n) is 4.97. The van der Waals surface area contributed by atoms with Crippen molar-refractivity contribution < 1.29 is 5.11 Å². The molecule has 1 heteroatoms. The lowest BCUT2D eigenvalue weighted by molar-refractivity contribution is 0.0721. The molecular weight excluding hydrogens is 220 g/mol. The average molecular weight is 244 g/mol. The standard InChI is InChI=1S/C17H24O/c18-17(14-8-3-1-2-4-9-14)16-12-11-13-7-5-6-10-15(13)16/h5-7,10,14,16-18H,1-4,8-9,11-12H2. The Hall–Kier alpha value is -0.820. The number of fused-ring (bicyclic) bond motifs is 1. The third-order valence-corrected chi connectivity index (χ3v) is 4.97. The minimum atomic E-state index is -0.105. The first-order valence-electron chi connectivity index (χ1n) is 7.62. The van der Waals surface area contributed by atoms with Gasteiger partial charge in [0.25, 0.3) is 0 Å². The highest BCUT2D eigenvalue weighted by Gasteiger charge is 2.33. The van der Waals surface area contributed by atoms with Crippen molar-refractivity contribution in [3.63, 3.8) is 0 Å². The Morgan fingerprint density at radius 1 is 0.944 bits per heavy atom. The lowest BCUT2D eigenvalue weighted by Crippen LogP contribution is -2.26. The number of aliphatic hydroxyl groups is 1. The highest BCUT2D eigenvalue weighted by molar-refractivity contribution is 5.35. The Morgan fingerprint density at radius 3 is 2.44 bits per heavy atom. The van der Waals surface area contributed by atoms with Crippen LogP contribution in [-0.4, -0.2) is 11.2 Å². The fraction of sp³-hybridized carbons (Fsp3) is 0.647. The summed E-state index contributed by atoms with van der Waals surface area (Å²) in [5.41, 5.74) is 2.89. The van der Waals surface area contributed by atoms with Crippen LogP contribution in [0.25, 0.3) is 0 Å². The molecule has 0 aliphatic heterocycles. The van der Waals surface area contributed by atoms with E-state index in [1.54, 1.807) is 0 Å². The second kappa shape index (κ2) is 5.44. The summed E-state index contributed by atoms with van der Waals surface area (Å²) in [5.74, 6) is 0.952. The molecule has 1 fully saturated rings. The van der Waals surface area contributed by atoms with Gasteiger partial charge >= 0.3 is 0 Å². The Morgan fingerprint density at radius 2 is 1.67 bits per heavy atom. The summed E-state index contributed by atoms with van der Waals surface area (Å²) in [6.45, 7) is 0. The summed E-state index contributed by atoms with van der Waals surface area (Å²) in [7, 11) is 0. The molecule has 1 aromatic rings. The van der Waals surface area contributed by atoms with Gasteiger partial charge in [-0.3, -0.25) is 0 Å². The Kier molecular flexibility index (Phi) is 3.69. The van der Waals surface area contributed by atoms with E-state index < -0.39 is 0 Å². The summed E-state index contributed by atoms with van der Waals surface area (Å²) in [5, 5.41) is 10.7. The SMILES string of the molecule is OC(C1CCCCCC1)C1CCc2ccccc21. The van der Waals surface area contributed by atoms with Gasteiger partial charge in [-0.15, -0.1) is 0 Å². The van der Waals surface area contributed by atoms with Crippen LogP contribution in [0.4, 0.5) is 0 Å². The average Bonchev–Trinajstić information content (AvgIpc) is 2.65. The molecule has 1 N–H and O–H groups in total. The lowest BCUT2D eigenvalue weighted by Gasteiger charge is -2.27. The first-order chi connectivity index (χ1) is 8.86. The van der Waals surface area contributed by atoms with E-state index in [4.69, 9.17) is 0 Å². The van der Waals surface area contributed by atoms with Gasteiger partial charge in [-0.2, -0.15) is 0 Å². The number of rotatable bonds is 2. The zero-order valence-corrected chi connectivity index (χ0v) is 11.1. The van der Waals surface area contributed by atoms with Crippen LogP contribution in [-0.2, 0) is 6.42 Å². The first-order valence-corrected chi connectivity index (χ1v) is 7.62. The van der Waals surface area contributed by atoms with Crippen LogP contribution >= 0.6 is 0 Å². The molecule has 0 amide bonds. The Labute approximate surface area is 110 Å². The van der Waals surface area contributed by atoms with Crippen molar-refractivity contribution in [1.82, 2.24) is 0 Å². The van der Waals surface area contributed by atoms with E-state index in [2.05, 4.69) is 24.3 Å². The van der Waals surface area contributed by atoms with Gasteiger partial charge < -0.3 is 5.11 Å². The third kappa shape index (κ3) is 2.33. The fourth-order valence-corrected chi connectivity index (χ4v) is 3.93. The van der Waals surface area contributed by atoms with Crippen LogP contribution in [0.2, 0.25) is 0 Å². The number of hydrogen-bond donors (Lipinski definition) is 1. The largest absolute Gasteiger partial charge is 0.392 e. The van der Waals surface area contributed by atoms with E-state index in [-0.39, 0.29) is 6.10 Å². The van der Waals surface area contributed by atoms with Crippen molar-refractivity contribution in [3.05, 3.63) is 35.4 Å². The zero-order valence-electron chi connectivity index (χ0n) is 11.1. The molecular formula is C17H24O. The van der Waals surface area contributed by atoms with Crippen LogP contribution in [0.5, 0.6) is 0 Å². The molecule has 0 heterocycles. The normalized spacial score (nSPS) is 26.6. The second-order valence-corrected chi connectivity index (χ2v) is 6.09. The van der Waals surface area contributed by atoms with Crippen LogP contribution in [0, 0.1) is 5.92 Å². The topological polar surface area (TPSA) is 20.2 Å². The van der Waals surface area contributed by atoms with E-state index in [0.29, 0.717) is 11.8 Å². The monoisotopic (exact) mass is 244 g/mol. The molecule has 1 aromatic carbocycles. The van der Waals surface area contributed by atoms with Crippen molar-refractivity contribution >= 4 is 0 Å². The molecule has 0 radical (unpaired) electrons. The quantitative estimate of drug-likeness (QED) is 0.778. The minimum Gasteiger partial charge on any atom is -0.392 e. The van der Waals surface area contributed by atoms with Gasteiger partial charge in [-0.25, -0.2) is 0 Å². The number of hydrogen-bond acceptors (Lipinski definition) is 1. The van der Waals surface area contributed by atoms with Crippen molar-refractivity contribution in [2.75, 3.05) is 0 Å². The summed E-state index contributed by atoms with van der Waals surface area (Å²) < 4.78 is 0. The predicted molar refractivity (Wildman–Crippen MR) is 74.7 cm³/mol. The van der Waals surface area contributed by atoms with Gasteiger partial charge in [-0.05, 0) is 42.7 Å². The molecule has 3 rings (SSSR count). The smallest absolute Gasteiger partial charge is 0.0637 e. The molecule has 0 spiro atoms. The van der Waals surface area contributed by atoms with Gasteiger partial charge in [0.2, 0.25) is 0 Å². The van der Waals surface area contributed by atoms with E-state index in [0.717, 1.165) is 12.8 Å². The van der Waals surface area contributed by atoms with E-state index >= 15 is 0 Å². The fourth-order valence-electron chi connectivity index (χ4n) is 3.93. The van der Waals surface area contributed by atoms with Gasteiger partial charge in [0.05, 0.1) is 6.10 Å². The molecule has 1 nitrogen and oxygen atoms in total. The van der Waals surface area contributed by atoms with Gasteiger partial charge in [0, 0.05) is 5.92 Å². The maximum absolute atomic E-state index is 10.7. The maximum atomic E-state index is 10.7. The summed E-state index contributed by atoms with van der Waals surface area (Å²) >= 11 is 0. The van der Waals surface area contributed by atoms with Crippen LogP contribution in [0.15, 0.2) is 24.3 Å². The number of aryl methyl sites for hydroxylation is 1. The highest BCUT2D eigenvalue weighted by Crippen LogP contribution is 2.40. The molecule has 2 unspecified atom stereocenters. The highest BCUT2D eigenvalue weighted by atomic mass is 16.3. The van der Waals surface area contributed by atoms with Gasteiger partial charge in [0.1, 0.15) is 0 Å². The molecule has 98 valence electrons. The Balaban J connectivity index is 1.75. The van der Waals surface area contributed by atoms with Crippen molar-refractivity contribution in [3.8, 4) is 0 Å². The maximum Gasteiger partial charge on any atom is 0.0637 e. The molecule has 0 bridgehead atoms. The molecule has 2 aliphatic rings. The summed E-state index contributed by atoms with van der Waals surface area (Å²) in [6, 6.07) is 8.71. The predicted octanol–water partition coefficient (Wildman–Crippen LogP) is 4.05. The Bertz CT molecular complexity index is 390. The van der Waals surface area contributed by atoms with Crippen LogP contribution < -0.4 is 0 Å². The number of benzene rings is 1. The summed E-state index contributed by atoms with van der Waals surface area (Å²) in [4.78, 5) is 0. The zero-order chi connectivity index (χ0) is 12.4. The lowest BCUT2D eigenvalue weighted by atomic mass is 9.83. The second-order valence-electron chi connectivity index (χ2n) is 6.09. The molecule has 0 aromatic heterocycles. The first kappa shape index (κ1) is 12.2. The van der Waals surface area contributed by atoms with Crippen LogP contribution in [0.1, 0.15) is 62.0 Å². The molecule has 1 saturated carbocycles. The van der Waals surface area contributed by atoms with E-state index in [9.17, 15) is 5.11 Å². The number of aliphatic hydroxyl groups excluding tert-OH is 1. The van der Waals surface area contributed by atoms with E-state index in [1.807, 2.05) is 0 Å². The molecule has 0 saturated heterocycles. The molecule has 18 heavy (non-hydrogen) atoms. The van der Waals surface area contributed by atoms with Gasteiger partial charge in [-0.1, -0.05) is 49.9 Å². The summed E-state index contributed by atoms with van der Waals surface area (Å²) in [6.07, 6.45) is 10.0. The van der Waals surface area contributed by atoms with Crippen molar-refractivity contribution in [2.24, 2.45) is 5.92 Å². The van der Waals surface area contributed by atoms with Crippen molar-refractivity contribution in [1.29, 1.82) is 0 Å². The van der Waals surface area contributed by atoms with E-state index in [1.165, 1.54) is 49.7 Å². The molecule has 2 aliphatic carbocycles. The van der Waals surface area contributed by atoms with Crippen LogP contribution in [0.3, 0.4) is 0 Å². The molecule has 2 atom stereocenters.